The largest absolute Gasteiger partial charge is 0.480 e. The van der Waals surface area contributed by atoms with E-state index < -0.39 is 29.8 Å². The highest BCUT2D eigenvalue weighted by molar-refractivity contribution is 6.00. The van der Waals surface area contributed by atoms with Gasteiger partial charge in [-0.15, -0.1) is 0 Å². The quantitative estimate of drug-likeness (QED) is 0.508. The number of amides is 2. The first-order chi connectivity index (χ1) is 13.6. The Morgan fingerprint density at radius 3 is 2.17 bits per heavy atom. The molecule has 0 bridgehead atoms. The van der Waals surface area contributed by atoms with Crippen LogP contribution in [0.25, 0.3) is 0 Å². The zero-order chi connectivity index (χ0) is 21.6. The van der Waals surface area contributed by atoms with Crippen LogP contribution in [-0.4, -0.2) is 35.4 Å². The number of carbonyl (C=O) groups is 4. The van der Waals surface area contributed by atoms with Crippen LogP contribution in [0.2, 0.25) is 0 Å². The first-order valence-electron chi connectivity index (χ1n) is 8.80. The van der Waals surface area contributed by atoms with Gasteiger partial charge in [0.05, 0.1) is 11.1 Å². The Morgan fingerprint density at radius 2 is 1.59 bits per heavy atom. The summed E-state index contributed by atoms with van der Waals surface area (Å²) in [6.45, 7) is 4.82. The van der Waals surface area contributed by atoms with Crippen LogP contribution in [0.3, 0.4) is 0 Å². The molecular weight excluding hydrogens is 376 g/mol. The van der Waals surface area contributed by atoms with E-state index in [0.717, 1.165) is 0 Å². The van der Waals surface area contributed by atoms with E-state index >= 15 is 0 Å². The molecule has 0 saturated heterocycles. The molecule has 0 atom stereocenters. The number of carbonyl (C=O) groups excluding carboxylic acids is 3. The SMILES string of the molecule is CC(C)(C)C(=O)Nc1ccc(C(=O)Oc2ccccc2C(=O)NCC(=O)O)cc1. The minimum absolute atomic E-state index is 0.00509. The number of benzene rings is 2. The molecule has 2 amide bonds. The van der Waals surface area contributed by atoms with Gasteiger partial charge in [-0.2, -0.15) is 0 Å². The van der Waals surface area contributed by atoms with Crippen molar-refractivity contribution in [3.05, 3.63) is 59.7 Å². The second-order valence-electron chi connectivity index (χ2n) is 7.24. The van der Waals surface area contributed by atoms with Gasteiger partial charge >= 0.3 is 11.9 Å². The fraction of sp³-hybridized carbons (Fsp3) is 0.238. The summed E-state index contributed by atoms with van der Waals surface area (Å²) in [5, 5.41) is 13.6. The van der Waals surface area contributed by atoms with Crippen molar-refractivity contribution in [1.29, 1.82) is 0 Å². The molecule has 8 nitrogen and oxygen atoms in total. The lowest BCUT2D eigenvalue weighted by Gasteiger charge is -2.17. The monoisotopic (exact) mass is 398 g/mol. The van der Waals surface area contributed by atoms with Crippen molar-refractivity contribution in [3.8, 4) is 5.75 Å². The Hall–Kier alpha value is -3.68. The maximum absolute atomic E-state index is 12.4. The predicted molar refractivity (Wildman–Crippen MR) is 106 cm³/mol. The summed E-state index contributed by atoms with van der Waals surface area (Å²) >= 11 is 0. The van der Waals surface area contributed by atoms with Crippen LogP contribution >= 0.6 is 0 Å². The number of hydrogen-bond acceptors (Lipinski definition) is 5. The lowest BCUT2D eigenvalue weighted by Crippen LogP contribution is -2.29. The van der Waals surface area contributed by atoms with E-state index in [4.69, 9.17) is 9.84 Å². The highest BCUT2D eigenvalue weighted by Crippen LogP contribution is 2.21. The summed E-state index contributed by atoms with van der Waals surface area (Å²) in [6, 6.07) is 12.1. The Balaban J connectivity index is 2.10. The van der Waals surface area contributed by atoms with Gasteiger partial charge in [0.15, 0.2) is 0 Å². The van der Waals surface area contributed by atoms with E-state index in [9.17, 15) is 19.2 Å². The minimum Gasteiger partial charge on any atom is -0.480 e. The summed E-state index contributed by atoms with van der Waals surface area (Å²) in [4.78, 5) is 47.1. The molecular formula is C21H22N2O6. The molecule has 0 aliphatic heterocycles. The van der Waals surface area contributed by atoms with E-state index in [-0.39, 0.29) is 22.8 Å². The number of ether oxygens (including phenoxy) is 1. The van der Waals surface area contributed by atoms with Gasteiger partial charge in [0, 0.05) is 11.1 Å². The summed E-state index contributed by atoms with van der Waals surface area (Å²) < 4.78 is 5.30. The zero-order valence-corrected chi connectivity index (χ0v) is 16.3. The van der Waals surface area contributed by atoms with Gasteiger partial charge in [0.1, 0.15) is 12.3 Å². The average molecular weight is 398 g/mol. The van der Waals surface area contributed by atoms with Crippen LogP contribution < -0.4 is 15.4 Å². The molecule has 0 spiro atoms. The van der Waals surface area contributed by atoms with Crippen LogP contribution in [-0.2, 0) is 9.59 Å². The Labute approximate surface area is 167 Å². The standard InChI is InChI=1S/C21H22N2O6/c1-21(2,3)20(28)23-14-10-8-13(9-11-14)19(27)29-16-7-5-4-6-15(16)18(26)22-12-17(24)25/h4-11H,12H2,1-3H3,(H,22,26)(H,23,28)(H,24,25). The molecule has 152 valence electrons. The van der Waals surface area contributed by atoms with Gasteiger partial charge in [-0.25, -0.2) is 4.79 Å². The number of nitrogens with one attached hydrogen (secondary N) is 2. The minimum atomic E-state index is -1.19. The molecule has 0 fully saturated rings. The fourth-order valence-electron chi connectivity index (χ4n) is 2.16. The first kappa shape index (κ1) is 21.6. The van der Waals surface area contributed by atoms with Crippen molar-refractivity contribution in [3.63, 3.8) is 0 Å². The number of carboxylic acids is 1. The number of esters is 1. The Morgan fingerprint density at radius 1 is 0.966 bits per heavy atom. The fourth-order valence-corrected chi connectivity index (χ4v) is 2.16. The zero-order valence-electron chi connectivity index (χ0n) is 16.3. The summed E-state index contributed by atoms with van der Waals surface area (Å²) in [5.74, 6) is -2.71. The molecule has 0 radical (unpaired) electrons. The van der Waals surface area contributed by atoms with E-state index in [2.05, 4.69) is 10.6 Å². The Kier molecular flexibility index (Phi) is 6.71. The highest BCUT2D eigenvalue weighted by Gasteiger charge is 2.21. The number of hydrogen-bond donors (Lipinski definition) is 3. The van der Waals surface area contributed by atoms with Gasteiger partial charge in [0.2, 0.25) is 5.91 Å². The molecule has 0 aliphatic rings. The molecule has 2 rings (SSSR count). The maximum Gasteiger partial charge on any atom is 0.343 e. The number of rotatable bonds is 6. The molecule has 0 aliphatic carbocycles. The third kappa shape index (κ3) is 6.17. The number of para-hydroxylation sites is 1. The molecule has 0 aromatic heterocycles. The lowest BCUT2D eigenvalue weighted by molar-refractivity contribution is -0.135. The molecule has 2 aromatic carbocycles. The van der Waals surface area contributed by atoms with Crippen molar-refractivity contribution >= 4 is 29.4 Å². The number of carboxylic acid groups (broad SMARTS) is 1. The third-order valence-corrected chi connectivity index (χ3v) is 3.79. The van der Waals surface area contributed by atoms with Gasteiger partial charge < -0.3 is 20.5 Å². The van der Waals surface area contributed by atoms with Crippen LogP contribution in [0.15, 0.2) is 48.5 Å². The molecule has 0 unspecified atom stereocenters. The number of anilines is 1. The number of aliphatic carboxylic acids is 1. The molecule has 3 N–H and O–H groups in total. The molecule has 0 saturated carbocycles. The van der Waals surface area contributed by atoms with Gasteiger partial charge in [-0.3, -0.25) is 14.4 Å². The van der Waals surface area contributed by atoms with Gasteiger partial charge in [-0.05, 0) is 36.4 Å². The van der Waals surface area contributed by atoms with Crippen molar-refractivity contribution in [1.82, 2.24) is 5.32 Å². The maximum atomic E-state index is 12.4. The highest BCUT2D eigenvalue weighted by atomic mass is 16.5. The molecule has 29 heavy (non-hydrogen) atoms. The van der Waals surface area contributed by atoms with Gasteiger partial charge in [-0.1, -0.05) is 32.9 Å². The van der Waals surface area contributed by atoms with E-state index in [1.165, 1.54) is 24.3 Å². The summed E-state index contributed by atoms with van der Waals surface area (Å²) in [5.41, 5.74) is 0.244. The van der Waals surface area contributed by atoms with Crippen molar-refractivity contribution in [2.75, 3.05) is 11.9 Å². The molecule has 2 aromatic rings. The smallest absolute Gasteiger partial charge is 0.343 e. The first-order valence-corrected chi connectivity index (χ1v) is 8.80. The average Bonchev–Trinajstić information content (AvgIpc) is 2.66. The second kappa shape index (κ2) is 9.01. The normalized spacial score (nSPS) is 10.7. The molecule has 8 heteroatoms. The van der Waals surface area contributed by atoms with Crippen molar-refractivity contribution in [2.45, 2.75) is 20.8 Å². The van der Waals surface area contributed by atoms with Crippen LogP contribution in [0, 0.1) is 5.41 Å². The summed E-state index contributed by atoms with van der Waals surface area (Å²) in [6.07, 6.45) is 0. The van der Waals surface area contributed by atoms with E-state index in [1.807, 2.05) is 0 Å². The van der Waals surface area contributed by atoms with E-state index in [1.54, 1.807) is 45.0 Å². The molecule has 0 heterocycles. The Bertz CT molecular complexity index is 929. The van der Waals surface area contributed by atoms with Gasteiger partial charge in [0.25, 0.3) is 5.91 Å². The van der Waals surface area contributed by atoms with Crippen LogP contribution in [0.1, 0.15) is 41.5 Å². The lowest BCUT2D eigenvalue weighted by atomic mass is 9.95. The predicted octanol–water partition coefficient (Wildman–Crippen LogP) is 2.70. The van der Waals surface area contributed by atoms with E-state index in [0.29, 0.717) is 5.69 Å². The van der Waals surface area contributed by atoms with Crippen LogP contribution in [0.4, 0.5) is 5.69 Å². The van der Waals surface area contributed by atoms with Crippen LogP contribution in [0.5, 0.6) is 5.75 Å². The second-order valence-corrected chi connectivity index (χ2v) is 7.24. The topological polar surface area (TPSA) is 122 Å². The summed E-state index contributed by atoms with van der Waals surface area (Å²) in [7, 11) is 0. The third-order valence-electron chi connectivity index (χ3n) is 3.79. The van der Waals surface area contributed by atoms with Crippen molar-refractivity contribution < 1.29 is 29.0 Å². The van der Waals surface area contributed by atoms with Crippen molar-refractivity contribution in [2.24, 2.45) is 5.41 Å².